The number of hydrogen-bond donors (Lipinski definition) is 1. The van der Waals surface area contributed by atoms with Crippen LogP contribution < -0.4 is 4.90 Å². The zero-order chi connectivity index (χ0) is 10.8. The van der Waals surface area contributed by atoms with E-state index in [1.807, 2.05) is 6.92 Å². The van der Waals surface area contributed by atoms with Crippen LogP contribution in [0, 0.1) is 6.92 Å². The quantitative estimate of drug-likeness (QED) is 0.778. The third-order valence-electron chi connectivity index (χ3n) is 2.56. The van der Waals surface area contributed by atoms with Gasteiger partial charge in [0.05, 0.1) is 0 Å². The summed E-state index contributed by atoms with van der Waals surface area (Å²) in [6, 6.07) is -0.465. The van der Waals surface area contributed by atoms with Gasteiger partial charge in [-0.1, -0.05) is 0 Å². The second-order valence-corrected chi connectivity index (χ2v) is 3.75. The maximum Gasteiger partial charge on any atom is 0.326 e. The lowest BCUT2D eigenvalue weighted by atomic mass is 10.2. The van der Waals surface area contributed by atoms with Crippen molar-refractivity contribution in [3.05, 3.63) is 18.0 Å². The molecule has 0 aliphatic carbocycles. The first-order chi connectivity index (χ1) is 7.18. The van der Waals surface area contributed by atoms with Crippen LogP contribution in [0.4, 0.5) is 5.95 Å². The van der Waals surface area contributed by atoms with Gasteiger partial charge in [-0.3, -0.25) is 0 Å². The molecule has 0 amide bonds. The Morgan fingerprint density at radius 1 is 1.53 bits per heavy atom. The Labute approximate surface area is 87.8 Å². The van der Waals surface area contributed by atoms with Crippen molar-refractivity contribution in [3.8, 4) is 0 Å². The molecule has 1 aliphatic rings. The van der Waals surface area contributed by atoms with E-state index in [9.17, 15) is 4.79 Å². The monoisotopic (exact) mass is 207 g/mol. The highest BCUT2D eigenvalue weighted by Gasteiger charge is 2.31. The Kier molecular flexibility index (Phi) is 2.53. The number of rotatable bonds is 2. The molecule has 0 radical (unpaired) electrons. The van der Waals surface area contributed by atoms with Gasteiger partial charge in [0, 0.05) is 18.9 Å². The average molecular weight is 207 g/mol. The van der Waals surface area contributed by atoms with Gasteiger partial charge in [-0.15, -0.1) is 0 Å². The highest BCUT2D eigenvalue weighted by molar-refractivity contribution is 5.77. The van der Waals surface area contributed by atoms with E-state index in [1.54, 1.807) is 17.3 Å². The Hall–Kier alpha value is -1.65. The lowest BCUT2D eigenvalue weighted by Crippen LogP contribution is -2.36. The van der Waals surface area contributed by atoms with Gasteiger partial charge in [0.1, 0.15) is 6.04 Å². The largest absolute Gasteiger partial charge is 0.480 e. The van der Waals surface area contributed by atoms with Gasteiger partial charge < -0.3 is 10.0 Å². The fourth-order valence-electron chi connectivity index (χ4n) is 1.80. The van der Waals surface area contributed by atoms with Crippen LogP contribution in [-0.2, 0) is 4.79 Å². The Balaban J connectivity index is 2.22. The van der Waals surface area contributed by atoms with E-state index >= 15 is 0 Å². The van der Waals surface area contributed by atoms with Gasteiger partial charge in [0.15, 0.2) is 0 Å². The molecule has 1 unspecified atom stereocenters. The molecular formula is C10H13N3O2. The normalized spacial score (nSPS) is 20.6. The van der Waals surface area contributed by atoms with E-state index in [1.165, 1.54) is 0 Å². The van der Waals surface area contributed by atoms with Crippen molar-refractivity contribution in [2.45, 2.75) is 25.8 Å². The molecular weight excluding hydrogens is 194 g/mol. The molecule has 1 fully saturated rings. The van der Waals surface area contributed by atoms with Crippen molar-refractivity contribution in [1.82, 2.24) is 9.97 Å². The van der Waals surface area contributed by atoms with E-state index in [2.05, 4.69) is 9.97 Å². The first kappa shape index (κ1) is 9.89. The second kappa shape index (κ2) is 3.84. The Bertz CT molecular complexity index is 363. The summed E-state index contributed by atoms with van der Waals surface area (Å²) in [5, 5.41) is 9.00. The minimum atomic E-state index is -0.795. The van der Waals surface area contributed by atoms with Crippen molar-refractivity contribution >= 4 is 11.9 Å². The summed E-state index contributed by atoms with van der Waals surface area (Å²) >= 11 is 0. The topological polar surface area (TPSA) is 66.3 Å². The van der Waals surface area contributed by atoms with Crippen LogP contribution in [0.1, 0.15) is 18.4 Å². The first-order valence-electron chi connectivity index (χ1n) is 4.96. The molecule has 1 aromatic rings. The van der Waals surface area contributed by atoms with Crippen molar-refractivity contribution in [2.75, 3.05) is 11.4 Å². The minimum Gasteiger partial charge on any atom is -0.480 e. The number of carbonyl (C=O) groups is 1. The summed E-state index contributed by atoms with van der Waals surface area (Å²) in [6.45, 7) is 2.63. The predicted octanol–water partition coefficient (Wildman–Crippen LogP) is 0.838. The number of carboxylic acids is 1. The summed E-state index contributed by atoms with van der Waals surface area (Å²) in [4.78, 5) is 21.0. The number of aromatic nitrogens is 2. The fourth-order valence-corrected chi connectivity index (χ4v) is 1.80. The van der Waals surface area contributed by atoms with Gasteiger partial charge in [-0.05, 0) is 25.3 Å². The molecule has 1 saturated heterocycles. The molecule has 1 N–H and O–H groups in total. The Morgan fingerprint density at radius 2 is 2.20 bits per heavy atom. The van der Waals surface area contributed by atoms with E-state index in [-0.39, 0.29) is 0 Å². The van der Waals surface area contributed by atoms with Crippen molar-refractivity contribution in [2.24, 2.45) is 0 Å². The maximum atomic E-state index is 11.0. The smallest absolute Gasteiger partial charge is 0.326 e. The van der Waals surface area contributed by atoms with E-state index in [0.717, 1.165) is 18.5 Å². The van der Waals surface area contributed by atoms with Gasteiger partial charge in [0.2, 0.25) is 5.95 Å². The lowest BCUT2D eigenvalue weighted by Gasteiger charge is -2.20. The highest BCUT2D eigenvalue weighted by Crippen LogP contribution is 2.21. The van der Waals surface area contributed by atoms with Crippen LogP contribution in [-0.4, -0.2) is 33.6 Å². The summed E-state index contributed by atoms with van der Waals surface area (Å²) in [7, 11) is 0. The summed E-state index contributed by atoms with van der Waals surface area (Å²) in [6.07, 6.45) is 4.97. The van der Waals surface area contributed by atoms with Crippen LogP contribution in [0.3, 0.4) is 0 Å². The fraction of sp³-hybridized carbons (Fsp3) is 0.500. The molecule has 5 nitrogen and oxygen atoms in total. The number of nitrogens with zero attached hydrogens (tertiary/aromatic N) is 3. The van der Waals surface area contributed by atoms with E-state index in [0.29, 0.717) is 12.4 Å². The number of aryl methyl sites for hydroxylation is 1. The third kappa shape index (κ3) is 1.91. The SMILES string of the molecule is Cc1cnc(N2CCCC2C(=O)O)nc1. The summed E-state index contributed by atoms with van der Waals surface area (Å²) < 4.78 is 0. The van der Waals surface area contributed by atoms with Crippen molar-refractivity contribution in [3.63, 3.8) is 0 Å². The van der Waals surface area contributed by atoms with E-state index < -0.39 is 12.0 Å². The Morgan fingerprint density at radius 3 is 2.80 bits per heavy atom. The number of carboxylic acid groups (broad SMARTS) is 1. The predicted molar refractivity (Wildman–Crippen MR) is 54.8 cm³/mol. The molecule has 2 rings (SSSR count). The van der Waals surface area contributed by atoms with Crippen molar-refractivity contribution in [1.29, 1.82) is 0 Å². The number of hydrogen-bond acceptors (Lipinski definition) is 4. The number of anilines is 1. The minimum absolute atomic E-state index is 0.465. The molecule has 1 aromatic heterocycles. The molecule has 0 bridgehead atoms. The van der Waals surface area contributed by atoms with Gasteiger partial charge in [-0.2, -0.15) is 0 Å². The summed E-state index contributed by atoms with van der Waals surface area (Å²) in [5.74, 6) is -0.276. The lowest BCUT2D eigenvalue weighted by molar-refractivity contribution is -0.138. The molecule has 1 atom stereocenters. The first-order valence-corrected chi connectivity index (χ1v) is 4.96. The van der Waals surface area contributed by atoms with Crippen LogP contribution in [0.2, 0.25) is 0 Å². The molecule has 5 heteroatoms. The van der Waals surface area contributed by atoms with Crippen molar-refractivity contribution < 1.29 is 9.90 Å². The summed E-state index contributed by atoms with van der Waals surface area (Å²) in [5.41, 5.74) is 0.977. The molecule has 0 saturated carbocycles. The van der Waals surface area contributed by atoms with Crippen LogP contribution in [0.15, 0.2) is 12.4 Å². The van der Waals surface area contributed by atoms with Gasteiger partial charge in [0.25, 0.3) is 0 Å². The van der Waals surface area contributed by atoms with Gasteiger partial charge >= 0.3 is 5.97 Å². The van der Waals surface area contributed by atoms with Crippen LogP contribution >= 0.6 is 0 Å². The zero-order valence-electron chi connectivity index (χ0n) is 8.55. The highest BCUT2D eigenvalue weighted by atomic mass is 16.4. The molecule has 0 aromatic carbocycles. The maximum absolute atomic E-state index is 11.0. The molecule has 15 heavy (non-hydrogen) atoms. The average Bonchev–Trinajstić information content (AvgIpc) is 2.67. The van der Waals surface area contributed by atoms with Crippen LogP contribution in [0.25, 0.3) is 0 Å². The number of aliphatic carboxylic acids is 1. The molecule has 2 heterocycles. The molecule has 80 valence electrons. The standard InChI is InChI=1S/C10H13N3O2/c1-7-5-11-10(12-6-7)13-4-2-3-8(13)9(14)15/h5-6,8H,2-4H2,1H3,(H,14,15). The third-order valence-corrected chi connectivity index (χ3v) is 2.56. The molecule has 1 aliphatic heterocycles. The van der Waals surface area contributed by atoms with Gasteiger partial charge in [-0.25, -0.2) is 14.8 Å². The zero-order valence-corrected chi connectivity index (χ0v) is 8.55. The van der Waals surface area contributed by atoms with E-state index in [4.69, 9.17) is 5.11 Å². The second-order valence-electron chi connectivity index (χ2n) is 3.75. The molecule has 0 spiro atoms. The van der Waals surface area contributed by atoms with Crippen LogP contribution in [0.5, 0.6) is 0 Å².